The first-order chi connectivity index (χ1) is 11.5. The van der Waals surface area contributed by atoms with Crippen LogP contribution in [-0.2, 0) is 6.42 Å². The molecule has 0 fully saturated rings. The number of aromatic hydroxyl groups is 1. The Morgan fingerprint density at radius 3 is 2.46 bits per heavy atom. The molecule has 0 saturated carbocycles. The van der Waals surface area contributed by atoms with E-state index in [0.29, 0.717) is 18.0 Å². The Morgan fingerprint density at radius 2 is 1.62 bits per heavy atom. The summed E-state index contributed by atoms with van der Waals surface area (Å²) in [6.45, 7) is 0. The van der Waals surface area contributed by atoms with Gasteiger partial charge in [0.1, 0.15) is 5.75 Å². The van der Waals surface area contributed by atoms with Crippen molar-refractivity contribution < 1.29 is 9.90 Å². The number of rotatable bonds is 0. The number of aryl methyl sites for hydroxylation is 1. The van der Waals surface area contributed by atoms with Crippen LogP contribution in [0.5, 0.6) is 5.75 Å². The van der Waals surface area contributed by atoms with Crippen LogP contribution in [0.2, 0.25) is 0 Å². The second-order valence-corrected chi connectivity index (χ2v) is 7.55. The first-order valence-corrected chi connectivity index (χ1v) is 9.32. The molecule has 0 spiro atoms. The summed E-state index contributed by atoms with van der Waals surface area (Å²) in [5.41, 5.74) is 2.12. The summed E-state index contributed by atoms with van der Waals surface area (Å²) >= 11 is 6.77. The number of carbonyl (C=O) groups excluding carboxylic acids is 1. The normalized spacial score (nSPS) is 13.2. The standard InChI is InChI=1S/C10H9BrO.C10H7BrO/c2*11-8-4-5-9-7(6-8)2-1-3-10(9)12/h4-6H,1-3H2;1-6,12H. The monoisotopic (exact) mass is 446 g/mol. The average molecular weight is 448 g/mol. The van der Waals surface area contributed by atoms with E-state index in [4.69, 9.17) is 0 Å². The van der Waals surface area contributed by atoms with Gasteiger partial charge in [-0.2, -0.15) is 0 Å². The summed E-state index contributed by atoms with van der Waals surface area (Å²) in [5, 5.41) is 11.4. The summed E-state index contributed by atoms with van der Waals surface area (Å²) in [4.78, 5) is 11.4. The minimum Gasteiger partial charge on any atom is -0.507 e. The lowest BCUT2D eigenvalue weighted by Gasteiger charge is -2.13. The molecule has 0 atom stereocenters. The summed E-state index contributed by atoms with van der Waals surface area (Å²) in [7, 11) is 0. The maximum atomic E-state index is 11.4. The molecule has 0 aromatic heterocycles. The van der Waals surface area contributed by atoms with E-state index in [9.17, 15) is 9.90 Å². The highest BCUT2D eigenvalue weighted by Gasteiger charge is 2.16. The third-order valence-electron chi connectivity index (χ3n) is 4.04. The summed E-state index contributed by atoms with van der Waals surface area (Å²) < 4.78 is 2.09. The Labute approximate surface area is 157 Å². The van der Waals surface area contributed by atoms with Crippen LogP contribution in [0, 0.1) is 0 Å². The van der Waals surface area contributed by atoms with Gasteiger partial charge in [0.05, 0.1) is 0 Å². The van der Waals surface area contributed by atoms with Crippen LogP contribution in [0.15, 0.2) is 63.5 Å². The van der Waals surface area contributed by atoms with Crippen LogP contribution in [0.1, 0.15) is 28.8 Å². The van der Waals surface area contributed by atoms with Gasteiger partial charge in [-0.1, -0.05) is 50.1 Å². The number of hydrogen-bond donors (Lipinski definition) is 1. The lowest BCUT2D eigenvalue weighted by Crippen LogP contribution is -2.10. The van der Waals surface area contributed by atoms with E-state index in [1.54, 1.807) is 6.07 Å². The Hall–Kier alpha value is -1.65. The van der Waals surface area contributed by atoms with E-state index in [0.717, 1.165) is 38.1 Å². The van der Waals surface area contributed by atoms with Gasteiger partial charge in [-0.25, -0.2) is 0 Å². The van der Waals surface area contributed by atoms with Gasteiger partial charge in [0, 0.05) is 26.3 Å². The number of Topliss-reactive ketones (excluding diaryl/α,β-unsaturated/α-hetero) is 1. The van der Waals surface area contributed by atoms with Crippen molar-refractivity contribution in [3.8, 4) is 5.75 Å². The molecule has 4 rings (SSSR count). The molecule has 1 aliphatic rings. The van der Waals surface area contributed by atoms with E-state index in [-0.39, 0.29) is 0 Å². The van der Waals surface area contributed by atoms with Crippen molar-refractivity contribution in [3.63, 3.8) is 0 Å². The number of fused-ring (bicyclic) bond motifs is 2. The molecule has 0 aliphatic heterocycles. The number of hydrogen-bond acceptors (Lipinski definition) is 2. The van der Waals surface area contributed by atoms with Crippen LogP contribution in [-0.4, -0.2) is 10.9 Å². The molecule has 1 aliphatic carbocycles. The Morgan fingerprint density at radius 1 is 0.875 bits per heavy atom. The SMILES string of the molecule is O=C1CCCc2cc(Br)ccc21.Oc1cccc2cc(Br)ccc12. The molecule has 2 nitrogen and oxygen atoms in total. The highest BCUT2D eigenvalue weighted by Crippen LogP contribution is 2.26. The van der Waals surface area contributed by atoms with E-state index in [2.05, 4.69) is 31.9 Å². The number of carbonyl (C=O) groups is 1. The van der Waals surface area contributed by atoms with Gasteiger partial charge in [0.15, 0.2) is 5.78 Å². The maximum absolute atomic E-state index is 11.4. The Bertz CT molecular complexity index is 903. The van der Waals surface area contributed by atoms with E-state index >= 15 is 0 Å². The number of phenolic OH excluding ortho intramolecular Hbond substituents is 1. The van der Waals surface area contributed by atoms with E-state index in [1.165, 1.54) is 5.56 Å². The molecular formula is C20H16Br2O2. The molecule has 122 valence electrons. The third-order valence-corrected chi connectivity index (χ3v) is 5.02. The minimum absolute atomic E-state index is 0.295. The van der Waals surface area contributed by atoms with Gasteiger partial charge >= 0.3 is 0 Å². The zero-order chi connectivity index (χ0) is 17.1. The van der Waals surface area contributed by atoms with Crippen LogP contribution in [0.25, 0.3) is 10.8 Å². The first-order valence-electron chi connectivity index (χ1n) is 7.73. The molecule has 0 amide bonds. The smallest absolute Gasteiger partial charge is 0.163 e. The topological polar surface area (TPSA) is 37.3 Å². The van der Waals surface area contributed by atoms with Gasteiger partial charge in [0.25, 0.3) is 0 Å². The quantitative estimate of drug-likeness (QED) is 0.440. The Kier molecular flexibility index (Phi) is 5.36. The van der Waals surface area contributed by atoms with E-state index in [1.807, 2.05) is 48.5 Å². The summed E-state index contributed by atoms with van der Waals surface area (Å²) in [6.07, 6.45) is 2.76. The predicted octanol–water partition coefficient (Wildman–Crippen LogP) is 6.28. The lowest BCUT2D eigenvalue weighted by molar-refractivity contribution is 0.0972. The minimum atomic E-state index is 0.295. The molecule has 3 aromatic rings. The van der Waals surface area contributed by atoms with Crippen LogP contribution >= 0.6 is 31.9 Å². The number of benzene rings is 3. The zero-order valence-electron chi connectivity index (χ0n) is 12.9. The highest BCUT2D eigenvalue weighted by atomic mass is 79.9. The molecule has 24 heavy (non-hydrogen) atoms. The second kappa shape index (κ2) is 7.49. The van der Waals surface area contributed by atoms with E-state index < -0.39 is 0 Å². The number of phenols is 1. The van der Waals surface area contributed by atoms with Gasteiger partial charge in [-0.3, -0.25) is 4.79 Å². The van der Waals surface area contributed by atoms with Crippen molar-refractivity contribution in [2.24, 2.45) is 0 Å². The predicted molar refractivity (Wildman–Crippen MR) is 105 cm³/mol. The lowest BCUT2D eigenvalue weighted by atomic mass is 9.91. The maximum Gasteiger partial charge on any atom is 0.163 e. The highest BCUT2D eigenvalue weighted by molar-refractivity contribution is 9.10. The van der Waals surface area contributed by atoms with Gasteiger partial charge in [-0.15, -0.1) is 0 Å². The van der Waals surface area contributed by atoms with Gasteiger partial charge in [0.2, 0.25) is 0 Å². The van der Waals surface area contributed by atoms with Crippen molar-refractivity contribution >= 4 is 48.4 Å². The van der Waals surface area contributed by atoms with Crippen LogP contribution in [0.4, 0.5) is 0 Å². The fourth-order valence-corrected chi connectivity index (χ4v) is 3.64. The summed E-state index contributed by atoms with van der Waals surface area (Å²) in [6, 6.07) is 17.2. The molecule has 0 radical (unpaired) electrons. The van der Waals surface area contributed by atoms with Gasteiger partial charge < -0.3 is 5.11 Å². The van der Waals surface area contributed by atoms with Gasteiger partial charge in [-0.05, 0) is 60.2 Å². The second-order valence-electron chi connectivity index (χ2n) is 5.72. The molecule has 0 unspecified atom stereocenters. The largest absolute Gasteiger partial charge is 0.507 e. The average Bonchev–Trinajstić information content (AvgIpc) is 2.55. The van der Waals surface area contributed by atoms with Crippen LogP contribution < -0.4 is 0 Å². The zero-order valence-corrected chi connectivity index (χ0v) is 16.1. The fraction of sp³-hybridized carbons (Fsp3) is 0.150. The molecular weight excluding hydrogens is 432 g/mol. The van der Waals surface area contributed by atoms with Crippen molar-refractivity contribution in [1.82, 2.24) is 0 Å². The Balaban J connectivity index is 0.000000141. The molecule has 0 heterocycles. The number of halogens is 2. The number of ketones is 1. The molecule has 4 heteroatoms. The summed E-state index contributed by atoms with van der Waals surface area (Å²) in [5.74, 6) is 0.628. The molecule has 3 aromatic carbocycles. The fourth-order valence-electron chi connectivity index (χ4n) is 2.85. The molecule has 1 N–H and O–H groups in total. The molecule has 0 bridgehead atoms. The van der Waals surface area contributed by atoms with Crippen molar-refractivity contribution in [1.29, 1.82) is 0 Å². The third kappa shape index (κ3) is 3.87. The van der Waals surface area contributed by atoms with Crippen molar-refractivity contribution in [3.05, 3.63) is 74.7 Å². The molecule has 0 saturated heterocycles. The first kappa shape index (κ1) is 17.2. The van der Waals surface area contributed by atoms with Crippen LogP contribution in [0.3, 0.4) is 0 Å². The van der Waals surface area contributed by atoms with Crippen molar-refractivity contribution in [2.45, 2.75) is 19.3 Å². The van der Waals surface area contributed by atoms with Crippen molar-refractivity contribution in [2.75, 3.05) is 0 Å².